The lowest BCUT2D eigenvalue weighted by molar-refractivity contribution is 0.0952. The molecule has 1 aliphatic carbocycles. The SMILES string of the molecule is O=C(NCC[C@@H]1[C@H]2CN(c3nc(Cl)ncc3F)C[C@@H]12)c1ccc2nccn2c1. The molecule has 28 heavy (non-hydrogen) atoms. The van der Waals surface area contributed by atoms with Crippen molar-refractivity contribution in [2.45, 2.75) is 6.42 Å². The van der Waals surface area contributed by atoms with Crippen molar-refractivity contribution in [2.75, 3.05) is 24.5 Å². The molecule has 5 rings (SSSR count). The van der Waals surface area contributed by atoms with Crippen molar-refractivity contribution >= 4 is 29.0 Å². The Balaban J connectivity index is 1.12. The van der Waals surface area contributed by atoms with Crippen molar-refractivity contribution in [3.8, 4) is 0 Å². The summed E-state index contributed by atoms with van der Waals surface area (Å²) in [6.45, 7) is 2.17. The van der Waals surface area contributed by atoms with Crippen LogP contribution in [0.2, 0.25) is 5.28 Å². The van der Waals surface area contributed by atoms with Crippen LogP contribution in [0.15, 0.2) is 36.9 Å². The smallest absolute Gasteiger partial charge is 0.252 e. The Bertz CT molecular complexity index is 1040. The topological polar surface area (TPSA) is 75.4 Å². The number of carbonyl (C=O) groups is 1. The Morgan fingerprint density at radius 2 is 2.11 bits per heavy atom. The zero-order chi connectivity index (χ0) is 19.3. The zero-order valence-electron chi connectivity index (χ0n) is 14.9. The lowest BCUT2D eigenvalue weighted by Crippen LogP contribution is -2.28. The molecule has 1 N–H and O–H groups in total. The second-order valence-electron chi connectivity index (χ2n) is 7.36. The Labute approximate surface area is 165 Å². The van der Waals surface area contributed by atoms with Crippen molar-refractivity contribution in [3.63, 3.8) is 0 Å². The molecule has 3 aromatic rings. The summed E-state index contributed by atoms with van der Waals surface area (Å²) < 4.78 is 15.7. The molecule has 0 radical (unpaired) electrons. The van der Waals surface area contributed by atoms with Crippen molar-refractivity contribution in [3.05, 3.63) is 53.6 Å². The van der Waals surface area contributed by atoms with Crippen LogP contribution < -0.4 is 10.2 Å². The molecule has 0 spiro atoms. The number of nitrogens with zero attached hydrogens (tertiary/aromatic N) is 5. The van der Waals surface area contributed by atoms with Crippen molar-refractivity contribution in [1.82, 2.24) is 24.7 Å². The summed E-state index contributed by atoms with van der Waals surface area (Å²) in [4.78, 5) is 26.1. The van der Waals surface area contributed by atoms with Crippen LogP contribution in [0.25, 0.3) is 5.65 Å². The number of hydrogen-bond donors (Lipinski definition) is 1. The van der Waals surface area contributed by atoms with E-state index in [9.17, 15) is 9.18 Å². The number of piperidine rings is 1. The molecule has 3 atom stereocenters. The third-order valence-electron chi connectivity index (χ3n) is 5.78. The highest BCUT2D eigenvalue weighted by molar-refractivity contribution is 6.28. The molecule has 7 nitrogen and oxygen atoms in total. The third-order valence-corrected chi connectivity index (χ3v) is 5.96. The van der Waals surface area contributed by atoms with E-state index in [0.717, 1.165) is 31.4 Å². The van der Waals surface area contributed by atoms with Gasteiger partial charge in [-0.05, 0) is 47.9 Å². The number of aromatic nitrogens is 4. The molecule has 0 aromatic carbocycles. The largest absolute Gasteiger partial charge is 0.353 e. The van der Waals surface area contributed by atoms with Crippen LogP contribution in [0.3, 0.4) is 0 Å². The minimum absolute atomic E-state index is 0.0603. The molecule has 4 heterocycles. The first kappa shape index (κ1) is 17.4. The van der Waals surface area contributed by atoms with Gasteiger partial charge in [0, 0.05) is 38.2 Å². The van der Waals surface area contributed by atoms with Crippen LogP contribution in [-0.4, -0.2) is 44.9 Å². The Morgan fingerprint density at radius 3 is 2.93 bits per heavy atom. The molecule has 1 aliphatic heterocycles. The van der Waals surface area contributed by atoms with Gasteiger partial charge in [-0.25, -0.2) is 14.4 Å². The summed E-state index contributed by atoms with van der Waals surface area (Å²) in [6, 6.07) is 3.61. The number of fused-ring (bicyclic) bond motifs is 2. The lowest BCUT2D eigenvalue weighted by atomic mass is 10.2. The van der Waals surface area contributed by atoms with E-state index in [1.807, 2.05) is 21.6 Å². The van der Waals surface area contributed by atoms with Gasteiger partial charge in [0.15, 0.2) is 11.6 Å². The van der Waals surface area contributed by atoms with Gasteiger partial charge in [-0.1, -0.05) is 0 Å². The molecule has 2 aliphatic rings. The summed E-state index contributed by atoms with van der Waals surface area (Å²) in [5.74, 6) is 1.37. The number of imidazole rings is 1. The van der Waals surface area contributed by atoms with E-state index in [0.29, 0.717) is 29.9 Å². The maximum absolute atomic E-state index is 13.9. The monoisotopic (exact) mass is 400 g/mol. The molecular weight excluding hydrogens is 383 g/mol. The number of halogens is 2. The predicted molar refractivity (Wildman–Crippen MR) is 102 cm³/mol. The van der Waals surface area contributed by atoms with E-state index in [2.05, 4.69) is 20.3 Å². The summed E-state index contributed by atoms with van der Waals surface area (Å²) in [5, 5.41) is 3.05. The van der Waals surface area contributed by atoms with Crippen LogP contribution in [0.5, 0.6) is 0 Å². The number of amides is 1. The first-order valence-electron chi connectivity index (χ1n) is 9.24. The highest BCUT2D eigenvalue weighted by Gasteiger charge is 2.55. The summed E-state index contributed by atoms with van der Waals surface area (Å²) in [6.07, 6.45) is 7.34. The highest BCUT2D eigenvalue weighted by atomic mass is 35.5. The van der Waals surface area contributed by atoms with E-state index in [1.54, 1.807) is 18.5 Å². The molecule has 3 aromatic heterocycles. The fraction of sp³-hybridized carbons (Fsp3) is 0.368. The minimum atomic E-state index is -0.440. The minimum Gasteiger partial charge on any atom is -0.353 e. The van der Waals surface area contributed by atoms with Gasteiger partial charge < -0.3 is 14.6 Å². The molecule has 1 saturated carbocycles. The number of carbonyl (C=O) groups excluding carboxylic acids is 1. The fourth-order valence-corrected chi connectivity index (χ4v) is 4.45. The van der Waals surface area contributed by atoms with Gasteiger partial charge in [-0.15, -0.1) is 0 Å². The third kappa shape index (κ3) is 3.07. The Morgan fingerprint density at radius 1 is 1.29 bits per heavy atom. The van der Waals surface area contributed by atoms with E-state index in [4.69, 9.17) is 11.6 Å². The average Bonchev–Trinajstić information content (AvgIpc) is 3.08. The first-order chi connectivity index (χ1) is 13.6. The molecule has 9 heteroatoms. The molecule has 0 unspecified atom stereocenters. The van der Waals surface area contributed by atoms with Gasteiger partial charge in [0.25, 0.3) is 5.91 Å². The number of rotatable bonds is 5. The average molecular weight is 401 g/mol. The summed E-state index contributed by atoms with van der Waals surface area (Å²) in [5.41, 5.74) is 1.43. The van der Waals surface area contributed by atoms with Crippen LogP contribution >= 0.6 is 11.6 Å². The van der Waals surface area contributed by atoms with E-state index in [-0.39, 0.29) is 17.0 Å². The quantitative estimate of drug-likeness (QED) is 0.666. The van der Waals surface area contributed by atoms with Gasteiger partial charge in [0.1, 0.15) is 5.65 Å². The Kier molecular flexibility index (Phi) is 4.16. The fourth-order valence-electron chi connectivity index (χ4n) is 4.32. The predicted octanol–water partition coefficient (Wildman–Crippen LogP) is 2.42. The highest BCUT2D eigenvalue weighted by Crippen LogP contribution is 2.54. The van der Waals surface area contributed by atoms with Gasteiger partial charge in [-0.3, -0.25) is 4.79 Å². The summed E-state index contributed by atoms with van der Waals surface area (Å²) >= 11 is 5.79. The summed E-state index contributed by atoms with van der Waals surface area (Å²) in [7, 11) is 0. The van der Waals surface area contributed by atoms with Gasteiger partial charge in [0.05, 0.1) is 11.8 Å². The van der Waals surface area contributed by atoms with Crippen molar-refractivity contribution < 1.29 is 9.18 Å². The van der Waals surface area contributed by atoms with Gasteiger partial charge in [-0.2, -0.15) is 4.98 Å². The Hall–Kier alpha value is -2.74. The number of pyridine rings is 1. The normalized spacial score (nSPS) is 23.1. The van der Waals surface area contributed by atoms with E-state index in [1.165, 1.54) is 0 Å². The second kappa shape index (κ2) is 6.70. The van der Waals surface area contributed by atoms with Crippen molar-refractivity contribution in [1.29, 1.82) is 0 Å². The van der Waals surface area contributed by atoms with Crippen LogP contribution in [0, 0.1) is 23.6 Å². The molecule has 0 bridgehead atoms. The number of hydrogen-bond acceptors (Lipinski definition) is 5. The standard InChI is InChI=1S/C19H18ClFN6O/c20-19-24-7-15(21)17(25-19)27-9-13-12(14(13)10-27)3-4-23-18(28)11-1-2-16-22-5-6-26(16)8-11/h1-2,5-8,12-14H,3-4,9-10H2,(H,23,28)/t12-,13-,14+. The van der Waals surface area contributed by atoms with Gasteiger partial charge in [0.2, 0.25) is 5.28 Å². The molecule has 1 saturated heterocycles. The number of anilines is 1. The molecule has 1 amide bonds. The van der Waals surface area contributed by atoms with Crippen LogP contribution in [0.1, 0.15) is 16.8 Å². The van der Waals surface area contributed by atoms with E-state index >= 15 is 0 Å². The van der Waals surface area contributed by atoms with Gasteiger partial charge >= 0.3 is 0 Å². The molecular formula is C19H18ClFN6O. The van der Waals surface area contributed by atoms with Crippen LogP contribution in [-0.2, 0) is 0 Å². The molecule has 2 fully saturated rings. The second-order valence-corrected chi connectivity index (χ2v) is 7.70. The first-order valence-corrected chi connectivity index (χ1v) is 9.62. The van der Waals surface area contributed by atoms with E-state index < -0.39 is 5.82 Å². The molecule has 144 valence electrons. The zero-order valence-corrected chi connectivity index (χ0v) is 15.7. The van der Waals surface area contributed by atoms with Crippen LogP contribution in [0.4, 0.5) is 10.2 Å². The maximum Gasteiger partial charge on any atom is 0.252 e. The van der Waals surface area contributed by atoms with Crippen molar-refractivity contribution in [2.24, 2.45) is 17.8 Å². The lowest BCUT2D eigenvalue weighted by Gasteiger charge is -2.21. The maximum atomic E-state index is 13.9. The number of nitrogens with one attached hydrogen (secondary N) is 1.